The van der Waals surface area contributed by atoms with Gasteiger partial charge in [0.15, 0.2) is 11.1 Å². The normalized spacial score (nSPS) is 19.0. The van der Waals surface area contributed by atoms with Crippen molar-refractivity contribution in [3.63, 3.8) is 0 Å². The minimum absolute atomic E-state index is 0.409. The third kappa shape index (κ3) is 2.61. The van der Waals surface area contributed by atoms with E-state index < -0.39 is 12.0 Å². The summed E-state index contributed by atoms with van der Waals surface area (Å²) < 4.78 is 5.31. The zero-order valence-corrected chi connectivity index (χ0v) is 11.4. The van der Waals surface area contributed by atoms with E-state index >= 15 is 0 Å². The summed E-state index contributed by atoms with van der Waals surface area (Å²) in [6.45, 7) is 1.53. The van der Waals surface area contributed by atoms with Crippen LogP contribution in [0.5, 0.6) is 0 Å². The number of anilines is 1. The molecular formula is C12H13N5O2S. The highest BCUT2D eigenvalue weighted by molar-refractivity contribution is 7.18. The van der Waals surface area contributed by atoms with Gasteiger partial charge in [0.2, 0.25) is 11.0 Å². The highest BCUT2D eigenvalue weighted by Gasteiger charge is 2.26. The Hall–Kier alpha value is -2.06. The molecule has 8 heteroatoms. The van der Waals surface area contributed by atoms with Crippen molar-refractivity contribution in [2.24, 2.45) is 5.73 Å². The van der Waals surface area contributed by atoms with Crippen molar-refractivity contribution in [2.75, 3.05) is 24.6 Å². The molecule has 2 aromatic rings. The monoisotopic (exact) mass is 291 g/mol. The van der Waals surface area contributed by atoms with Gasteiger partial charge in [-0.3, -0.25) is 9.78 Å². The van der Waals surface area contributed by atoms with Gasteiger partial charge in [-0.25, -0.2) is 0 Å². The molecule has 3 heterocycles. The van der Waals surface area contributed by atoms with E-state index in [1.54, 1.807) is 6.20 Å². The average molecular weight is 291 g/mol. The van der Waals surface area contributed by atoms with Gasteiger partial charge in [0.05, 0.1) is 13.2 Å². The summed E-state index contributed by atoms with van der Waals surface area (Å²) >= 11 is 1.44. The van der Waals surface area contributed by atoms with Crippen LogP contribution in [0.4, 0.5) is 5.13 Å². The van der Waals surface area contributed by atoms with E-state index in [1.165, 1.54) is 11.3 Å². The standard InChI is InChI=1S/C12H13N5O2S/c13-10(18)9-7-17(5-6-19-9)12-16-15-11(20-12)8-3-1-2-4-14-8/h1-4,9H,5-7H2,(H2,13,18). The quantitative estimate of drug-likeness (QED) is 0.873. The molecule has 1 aliphatic rings. The Morgan fingerprint density at radius 1 is 1.45 bits per heavy atom. The van der Waals surface area contributed by atoms with Gasteiger partial charge in [-0.2, -0.15) is 0 Å². The molecular weight excluding hydrogens is 278 g/mol. The first-order valence-electron chi connectivity index (χ1n) is 6.15. The van der Waals surface area contributed by atoms with Gasteiger partial charge in [-0.05, 0) is 12.1 Å². The first-order chi connectivity index (χ1) is 9.74. The molecule has 1 atom stereocenters. The largest absolute Gasteiger partial charge is 0.367 e. The van der Waals surface area contributed by atoms with Crippen molar-refractivity contribution in [3.05, 3.63) is 24.4 Å². The summed E-state index contributed by atoms with van der Waals surface area (Å²) in [5.41, 5.74) is 6.06. The average Bonchev–Trinajstić information content (AvgIpc) is 2.98. The van der Waals surface area contributed by atoms with Crippen molar-refractivity contribution in [1.82, 2.24) is 15.2 Å². The Bertz CT molecular complexity index is 603. The van der Waals surface area contributed by atoms with Gasteiger partial charge < -0.3 is 15.4 Å². The van der Waals surface area contributed by atoms with Gasteiger partial charge in [-0.15, -0.1) is 10.2 Å². The molecule has 0 aromatic carbocycles. The molecule has 2 N–H and O–H groups in total. The molecule has 1 aliphatic heterocycles. The van der Waals surface area contributed by atoms with Gasteiger partial charge in [0.1, 0.15) is 5.69 Å². The van der Waals surface area contributed by atoms with Crippen LogP contribution in [0.3, 0.4) is 0 Å². The van der Waals surface area contributed by atoms with E-state index in [0.29, 0.717) is 19.7 Å². The highest BCUT2D eigenvalue weighted by atomic mass is 32.1. The number of hydrogen-bond donors (Lipinski definition) is 1. The Kier molecular flexibility index (Phi) is 3.57. The number of aromatic nitrogens is 3. The van der Waals surface area contributed by atoms with Crippen LogP contribution in [-0.2, 0) is 9.53 Å². The SMILES string of the molecule is NC(=O)C1CN(c2nnc(-c3ccccn3)s2)CCO1. The molecule has 0 radical (unpaired) electrons. The lowest BCUT2D eigenvalue weighted by molar-refractivity contribution is -0.130. The van der Waals surface area contributed by atoms with Gasteiger partial charge in [-0.1, -0.05) is 17.4 Å². The molecule has 0 bridgehead atoms. The molecule has 1 saturated heterocycles. The lowest BCUT2D eigenvalue weighted by Gasteiger charge is -2.30. The van der Waals surface area contributed by atoms with E-state index in [4.69, 9.17) is 10.5 Å². The molecule has 1 amide bonds. The van der Waals surface area contributed by atoms with E-state index in [9.17, 15) is 4.79 Å². The predicted octanol–water partition coefficient (Wildman–Crippen LogP) is 0.291. The number of carbonyl (C=O) groups excluding carboxylic acids is 1. The molecule has 1 unspecified atom stereocenters. The van der Waals surface area contributed by atoms with E-state index in [0.717, 1.165) is 15.8 Å². The zero-order chi connectivity index (χ0) is 13.9. The van der Waals surface area contributed by atoms with Crippen molar-refractivity contribution >= 4 is 22.4 Å². The van der Waals surface area contributed by atoms with Crippen LogP contribution < -0.4 is 10.6 Å². The lowest BCUT2D eigenvalue weighted by Crippen LogP contribution is -2.48. The summed E-state index contributed by atoms with van der Waals surface area (Å²) in [6, 6.07) is 5.64. The molecule has 0 spiro atoms. The van der Waals surface area contributed by atoms with E-state index in [-0.39, 0.29) is 0 Å². The summed E-state index contributed by atoms with van der Waals surface area (Å²) in [7, 11) is 0. The second-order valence-electron chi connectivity index (χ2n) is 4.31. The number of morpholine rings is 1. The number of amides is 1. The van der Waals surface area contributed by atoms with E-state index in [2.05, 4.69) is 15.2 Å². The fourth-order valence-corrected chi connectivity index (χ4v) is 2.79. The number of nitrogens with zero attached hydrogens (tertiary/aromatic N) is 4. The molecule has 7 nitrogen and oxygen atoms in total. The molecule has 2 aromatic heterocycles. The maximum atomic E-state index is 11.2. The predicted molar refractivity (Wildman–Crippen MR) is 74.3 cm³/mol. The van der Waals surface area contributed by atoms with Crippen LogP contribution in [0.1, 0.15) is 0 Å². The number of nitrogens with two attached hydrogens (primary N) is 1. The minimum atomic E-state index is -0.592. The third-order valence-electron chi connectivity index (χ3n) is 2.95. The van der Waals surface area contributed by atoms with Gasteiger partial charge >= 0.3 is 0 Å². The third-order valence-corrected chi connectivity index (χ3v) is 3.96. The van der Waals surface area contributed by atoms with Crippen LogP contribution in [0.2, 0.25) is 0 Å². The van der Waals surface area contributed by atoms with Crippen molar-refractivity contribution in [3.8, 4) is 10.7 Å². The zero-order valence-electron chi connectivity index (χ0n) is 10.6. The molecule has 1 fully saturated rings. The Balaban J connectivity index is 1.78. The first kappa shape index (κ1) is 12.9. The summed E-state index contributed by atoms with van der Waals surface area (Å²) in [5.74, 6) is -0.454. The number of hydrogen-bond acceptors (Lipinski definition) is 7. The number of pyridine rings is 1. The molecule has 20 heavy (non-hydrogen) atoms. The molecule has 3 rings (SSSR count). The highest BCUT2D eigenvalue weighted by Crippen LogP contribution is 2.28. The Morgan fingerprint density at radius 3 is 3.10 bits per heavy atom. The summed E-state index contributed by atoms with van der Waals surface area (Å²) in [4.78, 5) is 17.4. The van der Waals surface area contributed by atoms with Crippen LogP contribution >= 0.6 is 11.3 Å². The Morgan fingerprint density at radius 2 is 2.35 bits per heavy atom. The van der Waals surface area contributed by atoms with Crippen molar-refractivity contribution < 1.29 is 9.53 Å². The van der Waals surface area contributed by atoms with Crippen LogP contribution in [0.15, 0.2) is 24.4 Å². The lowest BCUT2D eigenvalue weighted by atomic mass is 10.3. The second kappa shape index (κ2) is 5.51. The molecule has 104 valence electrons. The molecule has 0 aliphatic carbocycles. The molecule has 0 saturated carbocycles. The number of primary amides is 1. The van der Waals surface area contributed by atoms with Crippen LogP contribution in [0, 0.1) is 0 Å². The number of rotatable bonds is 3. The van der Waals surface area contributed by atoms with Gasteiger partial charge in [0, 0.05) is 12.7 Å². The van der Waals surface area contributed by atoms with Gasteiger partial charge in [0.25, 0.3) is 0 Å². The maximum Gasteiger partial charge on any atom is 0.248 e. The smallest absolute Gasteiger partial charge is 0.248 e. The first-order valence-corrected chi connectivity index (χ1v) is 6.96. The van der Waals surface area contributed by atoms with Crippen LogP contribution in [0.25, 0.3) is 10.7 Å². The van der Waals surface area contributed by atoms with Crippen molar-refractivity contribution in [1.29, 1.82) is 0 Å². The van der Waals surface area contributed by atoms with E-state index in [1.807, 2.05) is 23.1 Å². The number of carbonyl (C=O) groups is 1. The minimum Gasteiger partial charge on any atom is -0.367 e. The van der Waals surface area contributed by atoms with Crippen molar-refractivity contribution in [2.45, 2.75) is 6.10 Å². The summed E-state index contributed by atoms with van der Waals surface area (Å²) in [5, 5.41) is 9.80. The fourth-order valence-electron chi connectivity index (χ4n) is 1.93. The number of ether oxygens (including phenoxy) is 1. The van der Waals surface area contributed by atoms with Crippen LogP contribution in [-0.4, -0.2) is 46.9 Å². The topological polar surface area (TPSA) is 94.2 Å². The second-order valence-corrected chi connectivity index (χ2v) is 5.27. The summed E-state index contributed by atoms with van der Waals surface area (Å²) in [6.07, 6.45) is 1.12. The fraction of sp³-hybridized carbons (Fsp3) is 0.333. The maximum absolute atomic E-state index is 11.2. The Labute approximate surface area is 119 Å².